The van der Waals surface area contributed by atoms with Crippen molar-refractivity contribution in [1.82, 2.24) is 9.97 Å². The van der Waals surface area contributed by atoms with Crippen molar-refractivity contribution in [3.05, 3.63) is 54.9 Å². The maximum Gasteiger partial charge on any atom is 0.342 e. The van der Waals surface area contributed by atoms with E-state index in [1.807, 2.05) is 46.9 Å². The van der Waals surface area contributed by atoms with E-state index in [-0.39, 0.29) is 10.7 Å². The number of nitrogens with one attached hydrogen (secondary N) is 1. The molecule has 0 aliphatic rings. The molecule has 3 aromatic rings. The summed E-state index contributed by atoms with van der Waals surface area (Å²) in [7, 11) is 0. The van der Waals surface area contributed by atoms with Crippen LogP contribution in [0.1, 0.15) is 5.56 Å². The lowest BCUT2D eigenvalue weighted by Gasteiger charge is -2.05. The fraction of sp³-hybridized carbons (Fsp3) is 0. The second-order valence-electron chi connectivity index (χ2n) is 4.80. The highest BCUT2D eigenvalue weighted by Crippen LogP contribution is 2.34. The third-order valence-corrected chi connectivity index (χ3v) is 5.31. The first-order chi connectivity index (χ1) is 11.4. The van der Waals surface area contributed by atoms with E-state index in [0.29, 0.717) is 14.3 Å². The van der Waals surface area contributed by atoms with E-state index < -0.39 is 5.97 Å². The van der Waals surface area contributed by atoms with E-state index in [0.717, 1.165) is 27.3 Å². The highest BCUT2D eigenvalue weighted by atomic mass is 127. The summed E-state index contributed by atoms with van der Waals surface area (Å²) < 4.78 is 1.39. The lowest BCUT2D eigenvalue weighted by molar-refractivity contribution is -0.131. The number of benzene rings is 2. The van der Waals surface area contributed by atoms with E-state index >= 15 is 0 Å². The number of aromatic hydroxyl groups is 1. The summed E-state index contributed by atoms with van der Waals surface area (Å²) in [6.07, 6.45) is 1.43. The third-order valence-electron chi connectivity index (χ3n) is 3.13. The van der Waals surface area contributed by atoms with Gasteiger partial charge in [0.05, 0.1) is 14.6 Å². The van der Waals surface area contributed by atoms with Crippen LogP contribution < -0.4 is 0 Å². The molecule has 0 amide bonds. The number of carbonyl (C=O) groups is 1. The Morgan fingerprint density at radius 3 is 2.79 bits per heavy atom. The average Bonchev–Trinajstić information content (AvgIpc) is 2.93. The molecule has 3 rings (SSSR count). The second kappa shape index (κ2) is 7.16. The number of H-pyrrole nitrogens is 1. The fourth-order valence-electron chi connectivity index (χ4n) is 2.05. The van der Waals surface area contributed by atoms with Crippen LogP contribution in [0.2, 0.25) is 0 Å². The number of aromatic amines is 1. The fourth-order valence-corrected chi connectivity index (χ4v) is 4.39. The molecule has 1 aromatic heterocycles. The lowest BCUT2D eigenvalue weighted by atomic mass is 10.2. The number of carboxylic acid groups (broad SMARTS) is 1. The summed E-state index contributed by atoms with van der Waals surface area (Å²) in [6, 6.07) is 10.9. The van der Waals surface area contributed by atoms with Crippen LogP contribution in [0.5, 0.6) is 5.75 Å². The first kappa shape index (κ1) is 17.3. The minimum absolute atomic E-state index is 0.0442. The number of phenols is 1. The van der Waals surface area contributed by atoms with Crippen LogP contribution in [0.25, 0.3) is 17.1 Å². The Labute approximate surface area is 163 Å². The van der Waals surface area contributed by atoms with Gasteiger partial charge in [-0.1, -0.05) is 28.1 Å². The Bertz CT molecular complexity index is 938. The summed E-state index contributed by atoms with van der Waals surface area (Å²) in [5.74, 6) is -1.04. The summed E-state index contributed by atoms with van der Waals surface area (Å²) >= 11 is 6.34. The Morgan fingerprint density at radius 2 is 2.08 bits per heavy atom. The Morgan fingerprint density at radius 1 is 1.33 bits per heavy atom. The minimum Gasteiger partial charge on any atom is -0.506 e. The molecular formula is C16H10BrIN2O3S. The number of hydrogen-bond donors (Lipinski definition) is 3. The van der Waals surface area contributed by atoms with Gasteiger partial charge >= 0.3 is 5.97 Å². The molecule has 0 aliphatic heterocycles. The molecule has 2 aromatic carbocycles. The molecule has 0 radical (unpaired) electrons. The number of fused-ring (bicyclic) bond motifs is 1. The monoisotopic (exact) mass is 516 g/mol. The second-order valence-corrected chi connectivity index (χ2v) is 7.91. The van der Waals surface area contributed by atoms with Gasteiger partial charge < -0.3 is 15.2 Å². The van der Waals surface area contributed by atoms with Gasteiger partial charge in [0, 0.05) is 10.0 Å². The molecule has 0 saturated heterocycles. The van der Waals surface area contributed by atoms with E-state index in [1.54, 1.807) is 12.1 Å². The van der Waals surface area contributed by atoms with Gasteiger partial charge in [0.2, 0.25) is 0 Å². The molecule has 24 heavy (non-hydrogen) atoms. The number of nitrogens with zero attached hydrogens (tertiary/aromatic N) is 1. The number of aliphatic carboxylic acids is 1. The van der Waals surface area contributed by atoms with Crippen molar-refractivity contribution in [2.75, 3.05) is 0 Å². The number of carboxylic acids is 1. The Balaban J connectivity index is 1.99. The SMILES string of the molecule is O=C(O)/C(=C/c1cc(Br)cc(I)c1O)Sc1nc2ccccc2[nH]1. The predicted octanol–water partition coefficient (Wildman–Crippen LogP) is 4.85. The van der Waals surface area contributed by atoms with Gasteiger partial charge in [-0.2, -0.15) is 0 Å². The third kappa shape index (κ3) is 3.76. The van der Waals surface area contributed by atoms with Crippen molar-refractivity contribution in [3.8, 4) is 5.75 Å². The molecule has 0 spiro atoms. The number of para-hydroxylation sites is 2. The summed E-state index contributed by atoms with van der Waals surface area (Å²) in [5, 5.41) is 20.1. The highest BCUT2D eigenvalue weighted by Gasteiger charge is 2.15. The Hall–Kier alpha value is -1.52. The van der Waals surface area contributed by atoms with Crippen molar-refractivity contribution in [1.29, 1.82) is 0 Å². The molecule has 0 saturated carbocycles. The maximum atomic E-state index is 11.6. The van der Waals surface area contributed by atoms with Crippen LogP contribution in [0.3, 0.4) is 0 Å². The number of rotatable bonds is 4. The first-order valence-electron chi connectivity index (χ1n) is 6.69. The van der Waals surface area contributed by atoms with Crippen LogP contribution in [0.15, 0.2) is 50.9 Å². The van der Waals surface area contributed by atoms with Crippen molar-refractivity contribution in [2.45, 2.75) is 5.16 Å². The zero-order valence-corrected chi connectivity index (χ0v) is 16.5. The van der Waals surface area contributed by atoms with Gasteiger partial charge in [0.25, 0.3) is 0 Å². The van der Waals surface area contributed by atoms with E-state index in [1.165, 1.54) is 6.08 Å². The molecule has 122 valence electrons. The van der Waals surface area contributed by atoms with Gasteiger partial charge in [0.15, 0.2) is 5.16 Å². The molecule has 8 heteroatoms. The quantitative estimate of drug-likeness (QED) is 0.262. The molecule has 0 fully saturated rings. The van der Waals surface area contributed by atoms with Gasteiger partial charge in [0.1, 0.15) is 10.7 Å². The normalized spacial score (nSPS) is 11.8. The molecule has 0 atom stereocenters. The van der Waals surface area contributed by atoms with Gasteiger partial charge in [-0.3, -0.25) is 0 Å². The number of imidazole rings is 1. The number of thioether (sulfide) groups is 1. The van der Waals surface area contributed by atoms with Crippen LogP contribution in [-0.2, 0) is 4.79 Å². The van der Waals surface area contributed by atoms with Crippen molar-refractivity contribution >= 4 is 73.4 Å². The minimum atomic E-state index is -1.09. The van der Waals surface area contributed by atoms with Gasteiger partial charge in [-0.15, -0.1) is 0 Å². The van der Waals surface area contributed by atoms with Gasteiger partial charge in [-0.05, 0) is 64.7 Å². The van der Waals surface area contributed by atoms with Crippen molar-refractivity contribution in [3.63, 3.8) is 0 Å². The van der Waals surface area contributed by atoms with Crippen molar-refractivity contribution < 1.29 is 15.0 Å². The maximum absolute atomic E-state index is 11.6. The molecule has 1 heterocycles. The number of aromatic nitrogens is 2. The zero-order valence-electron chi connectivity index (χ0n) is 12.0. The molecule has 0 unspecified atom stereocenters. The van der Waals surface area contributed by atoms with Crippen LogP contribution in [0, 0.1) is 3.57 Å². The average molecular weight is 517 g/mol. The van der Waals surface area contributed by atoms with Crippen molar-refractivity contribution in [2.24, 2.45) is 0 Å². The van der Waals surface area contributed by atoms with Gasteiger partial charge in [-0.25, -0.2) is 9.78 Å². The number of hydrogen-bond acceptors (Lipinski definition) is 4. The smallest absolute Gasteiger partial charge is 0.342 e. The van der Waals surface area contributed by atoms with Crippen LogP contribution in [0.4, 0.5) is 0 Å². The van der Waals surface area contributed by atoms with E-state index in [2.05, 4.69) is 25.9 Å². The summed E-state index contributed by atoms with van der Waals surface area (Å²) in [5.41, 5.74) is 2.03. The molecular weight excluding hydrogens is 507 g/mol. The summed E-state index contributed by atoms with van der Waals surface area (Å²) in [6.45, 7) is 0. The number of phenolic OH excluding ortho intramolecular Hbond substituents is 1. The lowest BCUT2D eigenvalue weighted by Crippen LogP contribution is -1.97. The van der Waals surface area contributed by atoms with E-state index in [4.69, 9.17) is 0 Å². The zero-order chi connectivity index (χ0) is 17.3. The standard InChI is InChI=1S/C16H10BrIN2O3S/c17-9-5-8(14(21)10(18)7-9)6-13(15(22)23)24-16-19-11-3-1-2-4-12(11)20-16/h1-7,21H,(H,19,20)(H,22,23)/b13-6-. The number of halogens is 2. The predicted molar refractivity (Wildman–Crippen MR) is 106 cm³/mol. The molecule has 5 nitrogen and oxygen atoms in total. The Kier molecular flexibility index (Phi) is 5.16. The van der Waals surface area contributed by atoms with Crippen LogP contribution >= 0.6 is 50.3 Å². The highest BCUT2D eigenvalue weighted by molar-refractivity contribution is 14.1. The van der Waals surface area contributed by atoms with E-state index in [9.17, 15) is 15.0 Å². The molecule has 0 bridgehead atoms. The van der Waals surface area contributed by atoms with Crippen LogP contribution in [-0.4, -0.2) is 26.2 Å². The topological polar surface area (TPSA) is 86.2 Å². The largest absolute Gasteiger partial charge is 0.506 e. The molecule has 0 aliphatic carbocycles. The first-order valence-corrected chi connectivity index (χ1v) is 9.38. The summed E-state index contributed by atoms with van der Waals surface area (Å²) in [4.78, 5) is 19.1. The molecule has 3 N–H and O–H groups in total.